The number of aryl methyl sites for hydroxylation is 1. The van der Waals surface area contributed by atoms with E-state index < -0.39 is 0 Å². The molecule has 88 valence electrons. The molecule has 0 aliphatic carbocycles. The molecule has 0 aliphatic rings. The van der Waals surface area contributed by atoms with Gasteiger partial charge in [-0.3, -0.25) is 0 Å². The Hall–Kier alpha value is -1.88. The monoisotopic (exact) mass is 252 g/mol. The quantitative estimate of drug-likeness (QED) is 0.863. The lowest BCUT2D eigenvalue weighted by Gasteiger charge is -2.09. The Bertz CT molecular complexity index is 559. The van der Waals surface area contributed by atoms with Gasteiger partial charge in [-0.05, 0) is 24.6 Å². The van der Waals surface area contributed by atoms with E-state index in [2.05, 4.69) is 15.3 Å². The van der Waals surface area contributed by atoms with Crippen molar-refractivity contribution in [2.45, 2.75) is 6.92 Å². The summed E-state index contributed by atoms with van der Waals surface area (Å²) >= 11 is 5.90. The SMILES string of the molecule is Cc1ccc(F)c(Nc2ncnc(N)c2Cl)c1. The zero-order valence-electron chi connectivity index (χ0n) is 9.04. The van der Waals surface area contributed by atoms with E-state index in [1.165, 1.54) is 12.4 Å². The van der Waals surface area contributed by atoms with Gasteiger partial charge in [0.25, 0.3) is 0 Å². The average Bonchev–Trinajstić information content (AvgIpc) is 2.30. The van der Waals surface area contributed by atoms with Crippen LogP contribution in [0.3, 0.4) is 0 Å². The molecule has 0 amide bonds. The molecule has 0 radical (unpaired) electrons. The topological polar surface area (TPSA) is 63.8 Å². The number of nitrogens with two attached hydrogens (primary N) is 1. The van der Waals surface area contributed by atoms with Crippen molar-refractivity contribution in [3.8, 4) is 0 Å². The second-order valence-electron chi connectivity index (χ2n) is 3.53. The van der Waals surface area contributed by atoms with Crippen molar-refractivity contribution in [1.82, 2.24) is 9.97 Å². The number of hydrogen-bond acceptors (Lipinski definition) is 4. The van der Waals surface area contributed by atoms with Gasteiger partial charge in [0, 0.05) is 0 Å². The number of hydrogen-bond donors (Lipinski definition) is 2. The highest BCUT2D eigenvalue weighted by molar-refractivity contribution is 6.35. The summed E-state index contributed by atoms with van der Waals surface area (Å²) in [6.45, 7) is 1.86. The van der Waals surface area contributed by atoms with Crippen LogP contribution in [0.1, 0.15) is 5.56 Å². The second kappa shape index (κ2) is 4.55. The minimum absolute atomic E-state index is 0.150. The highest BCUT2D eigenvalue weighted by atomic mass is 35.5. The lowest BCUT2D eigenvalue weighted by molar-refractivity contribution is 0.631. The van der Waals surface area contributed by atoms with E-state index >= 15 is 0 Å². The van der Waals surface area contributed by atoms with Crippen molar-refractivity contribution in [2.24, 2.45) is 0 Å². The molecule has 0 fully saturated rings. The molecule has 17 heavy (non-hydrogen) atoms. The summed E-state index contributed by atoms with van der Waals surface area (Å²) in [6, 6.07) is 4.70. The van der Waals surface area contributed by atoms with Crippen LogP contribution in [0.4, 0.5) is 21.7 Å². The molecular formula is C11H10ClFN4. The van der Waals surface area contributed by atoms with Crippen LogP contribution in [-0.2, 0) is 0 Å². The zero-order valence-corrected chi connectivity index (χ0v) is 9.79. The van der Waals surface area contributed by atoms with Crippen LogP contribution in [0.15, 0.2) is 24.5 Å². The fourth-order valence-corrected chi connectivity index (χ4v) is 1.48. The number of nitrogen functional groups attached to an aromatic ring is 1. The molecule has 1 heterocycles. The summed E-state index contributed by atoms with van der Waals surface area (Å²) in [6.07, 6.45) is 1.26. The molecule has 0 bridgehead atoms. The van der Waals surface area contributed by atoms with E-state index in [0.717, 1.165) is 5.56 Å². The van der Waals surface area contributed by atoms with Gasteiger partial charge in [0.1, 0.15) is 23.0 Å². The zero-order chi connectivity index (χ0) is 12.4. The summed E-state index contributed by atoms with van der Waals surface area (Å²) in [5.41, 5.74) is 6.74. The second-order valence-corrected chi connectivity index (χ2v) is 3.91. The molecule has 0 spiro atoms. The van der Waals surface area contributed by atoms with Crippen LogP contribution in [0, 0.1) is 12.7 Å². The van der Waals surface area contributed by atoms with Crippen molar-refractivity contribution >= 4 is 28.9 Å². The highest BCUT2D eigenvalue weighted by Gasteiger charge is 2.09. The van der Waals surface area contributed by atoms with Gasteiger partial charge in [-0.15, -0.1) is 0 Å². The Balaban J connectivity index is 2.38. The Morgan fingerprint density at radius 3 is 2.88 bits per heavy atom. The third kappa shape index (κ3) is 2.45. The Morgan fingerprint density at radius 2 is 2.12 bits per heavy atom. The van der Waals surface area contributed by atoms with Crippen molar-refractivity contribution in [2.75, 3.05) is 11.1 Å². The fourth-order valence-electron chi connectivity index (χ4n) is 1.33. The summed E-state index contributed by atoms with van der Waals surface area (Å²) < 4.78 is 13.5. The Labute approximate surface area is 103 Å². The number of nitrogens with zero attached hydrogens (tertiary/aromatic N) is 2. The van der Waals surface area contributed by atoms with E-state index in [1.807, 2.05) is 6.92 Å². The predicted molar refractivity (Wildman–Crippen MR) is 65.9 cm³/mol. The maximum Gasteiger partial charge on any atom is 0.154 e. The molecule has 4 nitrogen and oxygen atoms in total. The predicted octanol–water partition coefficient (Wildman–Crippen LogP) is 2.90. The van der Waals surface area contributed by atoms with Gasteiger partial charge in [0.15, 0.2) is 5.82 Å². The van der Waals surface area contributed by atoms with E-state index in [4.69, 9.17) is 17.3 Å². The van der Waals surface area contributed by atoms with Gasteiger partial charge in [-0.1, -0.05) is 17.7 Å². The first-order valence-corrected chi connectivity index (χ1v) is 5.25. The van der Waals surface area contributed by atoms with Gasteiger partial charge in [0.2, 0.25) is 0 Å². The molecule has 0 saturated heterocycles. The fraction of sp³-hybridized carbons (Fsp3) is 0.0909. The molecule has 0 aliphatic heterocycles. The summed E-state index contributed by atoms with van der Waals surface area (Å²) in [5.74, 6) is 0.0461. The van der Waals surface area contributed by atoms with Crippen molar-refractivity contribution in [3.63, 3.8) is 0 Å². The average molecular weight is 253 g/mol. The molecule has 1 aromatic heterocycles. The van der Waals surface area contributed by atoms with Crippen molar-refractivity contribution < 1.29 is 4.39 Å². The van der Waals surface area contributed by atoms with Gasteiger partial charge in [-0.25, -0.2) is 14.4 Å². The van der Waals surface area contributed by atoms with Gasteiger partial charge >= 0.3 is 0 Å². The third-order valence-electron chi connectivity index (χ3n) is 2.19. The number of aromatic nitrogens is 2. The lowest BCUT2D eigenvalue weighted by atomic mass is 10.2. The molecule has 0 saturated carbocycles. The van der Waals surface area contributed by atoms with Crippen LogP contribution < -0.4 is 11.1 Å². The Kier molecular flexibility index (Phi) is 3.10. The van der Waals surface area contributed by atoms with Gasteiger partial charge in [-0.2, -0.15) is 0 Å². The van der Waals surface area contributed by atoms with E-state index in [-0.39, 0.29) is 22.5 Å². The van der Waals surface area contributed by atoms with Crippen LogP contribution in [0.5, 0.6) is 0 Å². The van der Waals surface area contributed by atoms with Crippen LogP contribution in [0.2, 0.25) is 5.02 Å². The maximum absolute atomic E-state index is 13.5. The smallest absolute Gasteiger partial charge is 0.154 e. The minimum atomic E-state index is -0.385. The van der Waals surface area contributed by atoms with E-state index in [0.29, 0.717) is 5.69 Å². The first kappa shape index (κ1) is 11.6. The first-order valence-electron chi connectivity index (χ1n) is 4.87. The molecule has 1 aromatic carbocycles. The molecule has 0 unspecified atom stereocenters. The van der Waals surface area contributed by atoms with E-state index in [9.17, 15) is 4.39 Å². The van der Waals surface area contributed by atoms with Gasteiger partial charge in [0.05, 0.1) is 5.69 Å². The van der Waals surface area contributed by atoms with Crippen molar-refractivity contribution in [3.05, 3.63) is 40.9 Å². The molecule has 0 atom stereocenters. The largest absolute Gasteiger partial charge is 0.382 e. The van der Waals surface area contributed by atoms with Crippen molar-refractivity contribution in [1.29, 1.82) is 0 Å². The number of rotatable bonds is 2. The lowest BCUT2D eigenvalue weighted by Crippen LogP contribution is -2.01. The first-order chi connectivity index (χ1) is 8.08. The molecule has 3 N–H and O–H groups in total. The third-order valence-corrected chi connectivity index (χ3v) is 2.56. The van der Waals surface area contributed by atoms with E-state index in [1.54, 1.807) is 12.1 Å². The van der Waals surface area contributed by atoms with Gasteiger partial charge < -0.3 is 11.1 Å². The number of anilines is 3. The molecule has 6 heteroatoms. The Morgan fingerprint density at radius 1 is 1.35 bits per heavy atom. The molecule has 2 rings (SSSR count). The normalized spacial score (nSPS) is 10.3. The summed E-state index contributed by atoms with van der Waals surface area (Å²) in [7, 11) is 0. The molecular weight excluding hydrogens is 243 g/mol. The maximum atomic E-state index is 13.5. The number of nitrogens with one attached hydrogen (secondary N) is 1. The highest BCUT2D eigenvalue weighted by Crippen LogP contribution is 2.27. The van der Waals surface area contributed by atoms with Crippen LogP contribution in [-0.4, -0.2) is 9.97 Å². The van der Waals surface area contributed by atoms with Crippen LogP contribution >= 0.6 is 11.6 Å². The molecule has 2 aromatic rings. The minimum Gasteiger partial charge on any atom is -0.382 e. The standard InChI is InChI=1S/C11H10ClFN4/c1-6-2-3-7(13)8(4-6)17-11-9(12)10(14)15-5-16-11/h2-5H,1H3,(H3,14,15,16,17). The van der Waals surface area contributed by atoms with Crippen LogP contribution in [0.25, 0.3) is 0 Å². The number of benzene rings is 1. The summed E-state index contributed by atoms with van der Waals surface area (Å²) in [4.78, 5) is 7.63. The number of halogens is 2. The summed E-state index contributed by atoms with van der Waals surface area (Å²) in [5, 5.41) is 2.96.